The molecule has 1 unspecified atom stereocenters. The van der Waals surface area contributed by atoms with Crippen LogP contribution in [0.5, 0.6) is 0 Å². The molecule has 0 radical (unpaired) electrons. The van der Waals surface area contributed by atoms with E-state index >= 15 is 0 Å². The van der Waals surface area contributed by atoms with Crippen molar-refractivity contribution in [2.75, 3.05) is 19.1 Å². The number of fused-ring (bicyclic) bond motifs is 5. The minimum absolute atomic E-state index is 0.272. The molecule has 0 spiro atoms. The van der Waals surface area contributed by atoms with Crippen LogP contribution >= 0.6 is 0 Å². The van der Waals surface area contributed by atoms with E-state index in [0.29, 0.717) is 17.5 Å². The van der Waals surface area contributed by atoms with Crippen molar-refractivity contribution in [1.82, 2.24) is 4.57 Å². The molecule has 0 saturated heterocycles. The van der Waals surface area contributed by atoms with Gasteiger partial charge in [0.15, 0.2) is 0 Å². The number of anilines is 1. The molecule has 4 heteroatoms. The number of benzene rings is 2. The van der Waals surface area contributed by atoms with Gasteiger partial charge in [0.25, 0.3) is 0 Å². The molecule has 1 saturated carbocycles. The first-order valence-corrected chi connectivity index (χ1v) is 11.6. The van der Waals surface area contributed by atoms with Gasteiger partial charge in [-0.15, -0.1) is 0 Å². The number of hydrogen-bond donors (Lipinski definition) is 0. The minimum atomic E-state index is -0.272. The Bertz CT molecular complexity index is 1150. The average Bonchev–Trinajstić information content (AvgIpc) is 3.06. The first-order chi connectivity index (χ1) is 15.0. The van der Waals surface area contributed by atoms with Crippen molar-refractivity contribution in [3.05, 3.63) is 53.1 Å². The third-order valence-corrected chi connectivity index (χ3v) is 7.43. The summed E-state index contributed by atoms with van der Waals surface area (Å²) in [4.78, 5) is 14.7. The number of carbonyl (C=O) groups is 1. The van der Waals surface area contributed by atoms with E-state index in [-0.39, 0.29) is 5.97 Å². The number of hydrogen-bond acceptors (Lipinski definition) is 3. The molecule has 0 bridgehead atoms. The molecule has 31 heavy (non-hydrogen) atoms. The summed E-state index contributed by atoms with van der Waals surface area (Å²) in [7, 11) is 3.66. The lowest BCUT2D eigenvalue weighted by Crippen LogP contribution is -2.31. The molecule has 4 nitrogen and oxygen atoms in total. The summed E-state index contributed by atoms with van der Waals surface area (Å²) >= 11 is 0. The second kappa shape index (κ2) is 7.74. The monoisotopic (exact) mass is 416 g/mol. The lowest BCUT2D eigenvalue weighted by molar-refractivity contribution is 0.0601. The molecule has 1 atom stereocenters. The van der Waals surface area contributed by atoms with Gasteiger partial charge in [-0.05, 0) is 61.9 Å². The van der Waals surface area contributed by atoms with Gasteiger partial charge in [-0.3, -0.25) is 0 Å². The smallest absolute Gasteiger partial charge is 0.337 e. The second-order valence-electron chi connectivity index (χ2n) is 9.41. The van der Waals surface area contributed by atoms with E-state index in [1.165, 1.54) is 72.7 Å². The second-order valence-corrected chi connectivity index (χ2v) is 9.41. The molecule has 0 N–H and O–H groups in total. The summed E-state index contributed by atoms with van der Waals surface area (Å²) < 4.78 is 7.51. The quantitative estimate of drug-likeness (QED) is 0.461. The van der Waals surface area contributed by atoms with Gasteiger partial charge < -0.3 is 14.2 Å². The summed E-state index contributed by atoms with van der Waals surface area (Å²) in [5, 5.41) is 1.30. The Morgan fingerprint density at radius 2 is 1.84 bits per heavy atom. The fourth-order valence-electron chi connectivity index (χ4n) is 5.66. The molecule has 2 aromatic carbocycles. The highest BCUT2D eigenvalue weighted by molar-refractivity contribution is 6.00. The molecule has 1 aliphatic carbocycles. The van der Waals surface area contributed by atoms with Crippen molar-refractivity contribution in [1.29, 1.82) is 0 Å². The number of aryl methyl sites for hydroxylation is 1. The van der Waals surface area contributed by atoms with Crippen LogP contribution in [0.1, 0.15) is 66.4 Å². The maximum atomic E-state index is 12.3. The maximum absolute atomic E-state index is 12.3. The lowest BCUT2D eigenvalue weighted by Gasteiger charge is -2.27. The highest BCUT2D eigenvalue weighted by atomic mass is 16.5. The zero-order valence-electron chi connectivity index (χ0n) is 19.1. The maximum Gasteiger partial charge on any atom is 0.337 e. The third-order valence-electron chi connectivity index (χ3n) is 7.43. The van der Waals surface area contributed by atoms with Crippen LogP contribution in [0.4, 0.5) is 5.69 Å². The molecule has 2 aliphatic rings. The number of esters is 1. The lowest BCUT2D eigenvalue weighted by atomic mass is 9.81. The van der Waals surface area contributed by atoms with Crippen LogP contribution in [0.15, 0.2) is 36.4 Å². The number of nitrogens with zero attached hydrogens (tertiary/aromatic N) is 2. The molecule has 1 fully saturated rings. The number of carbonyl (C=O) groups excluding carboxylic acids is 1. The SMILES string of the molecule is COC(=O)c1ccc2c(C3CCCCC3)c3n(c2c1)CC(C)N(C)c1cc(C)ccc1-3. The Labute approximate surface area is 184 Å². The van der Waals surface area contributed by atoms with Crippen LogP contribution in [0, 0.1) is 6.92 Å². The standard InChI is InChI=1S/C27H32N2O2/c1-17-10-12-22-23(14-17)28(3)18(2)16-29-24-15-20(27(30)31-4)11-13-21(24)25(26(22)29)19-8-6-5-7-9-19/h10-15,18-19H,5-9,16H2,1-4H3. The van der Waals surface area contributed by atoms with Gasteiger partial charge in [-0.25, -0.2) is 4.79 Å². The Kier molecular flexibility index (Phi) is 5.04. The van der Waals surface area contributed by atoms with Crippen molar-refractivity contribution >= 4 is 22.6 Å². The number of methoxy groups -OCH3 is 1. The summed E-state index contributed by atoms with van der Waals surface area (Å²) in [5.41, 5.74) is 8.53. The Hall–Kier alpha value is -2.75. The normalized spacial score (nSPS) is 19.1. The van der Waals surface area contributed by atoms with Gasteiger partial charge >= 0.3 is 5.97 Å². The fraction of sp³-hybridized carbons (Fsp3) is 0.444. The molecule has 1 aromatic heterocycles. The van der Waals surface area contributed by atoms with E-state index in [1.54, 1.807) is 0 Å². The van der Waals surface area contributed by atoms with Crippen molar-refractivity contribution in [2.45, 2.75) is 64.5 Å². The van der Waals surface area contributed by atoms with Crippen molar-refractivity contribution < 1.29 is 9.53 Å². The Morgan fingerprint density at radius 1 is 1.06 bits per heavy atom. The van der Waals surface area contributed by atoms with E-state index < -0.39 is 0 Å². The zero-order valence-corrected chi connectivity index (χ0v) is 19.1. The zero-order chi connectivity index (χ0) is 21.7. The molecule has 0 amide bonds. The predicted octanol–water partition coefficient (Wildman–Crippen LogP) is 6.29. The van der Waals surface area contributed by atoms with Gasteiger partial charge in [-0.2, -0.15) is 0 Å². The minimum Gasteiger partial charge on any atom is -0.465 e. The Balaban J connectivity index is 1.85. The van der Waals surface area contributed by atoms with Gasteiger partial charge in [0, 0.05) is 41.8 Å². The molecule has 162 valence electrons. The predicted molar refractivity (Wildman–Crippen MR) is 127 cm³/mol. The number of rotatable bonds is 2. The summed E-state index contributed by atoms with van der Waals surface area (Å²) in [6.07, 6.45) is 6.43. The fourth-order valence-corrected chi connectivity index (χ4v) is 5.66. The van der Waals surface area contributed by atoms with Gasteiger partial charge in [0.05, 0.1) is 18.4 Å². The van der Waals surface area contributed by atoms with Crippen LogP contribution in [0.25, 0.3) is 22.2 Å². The van der Waals surface area contributed by atoms with Crippen molar-refractivity contribution in [2.24, 2.45) is 0 Å². The Morgan fingerprint density at radius 3 is 2.58 bits per heavy atom. The summed E-state index contributed by atoms with van der Waals surface area (Å²) in [6, 6.07) is 13.3. The van der Waals surface area contributed by atoms with Gasteiger partial charge in [0.2, 0.25) is 0 Å². The van der Waals surface area contributed by atoms with Crippen LogP contribution in [-0.2, 0) is 11.3 Å². The third kappa shape index (κ3) is 3.24. The van der Waals surface area contributed by atoms with E-state index in [9.17, 15) is 4.79 Å². The van der Waals surface area contributed by atoms with Crippen molar-refractivity contribution in [3.8, 4) is 11.3 Å². The first kappa shape index (κ1) is 20.2. The topological polar surface area (TPSA) is 34.5 Å². The first-order valence-electron chi connectivity index (χ1n) is 11.6. The van der Waals surface area contributed by atoms with Crippen LogP contribution in [0.3, 0.4) is 0 Å². The van der Waals surface area contributed by atoms with Gasteiger partial charge in [-0.1, -0.05) is 37.5 Å². The highest BCUT2D eigenvalue weighted by Gasteiger charge is 2.31. The molecular weight excluding hydrogens is 384 g/mol. The number of aromatic nitrogens is 1. The van der Waals surface area contributed by atoms with Crippen LogP contribution < -0.4 is 4.90 Å². The van der Waals surface area contributed by atoms with E-state index in [4.69, 9.17) is 4.74 Å². The summed E-state index contributed by atoms with van der Waals surface area (Å²) in [5.74, 6) is 0.302. The van der Waals surface area contributed by atoms with Crippen LogP contribution in [-0.4, -0.2) is 30.7 Å². The molecule has 5 rings (SSSR count). The van der Waals surface area contributed by atoms with E-state index in [0.717, 1.165) is 12.1 Å². The molecular formula is C27H32N2O2. The van der Waals surface area contributed by atoms with Gasteiger partial charge in [0.1, 0.15) is 0 Å². The van der Waals surface area contributed by atoms with Crippen LogP contribution in [0.2, 0.25) is 0 Å². The average molecular weight is 417 g/mol. The largest absolute Gasteiger partial charge is 0.465 e. The highest BCUT2D eigenvalue weighted by Crippen LogP contribution is 2.48. The van der Waals surface area contributed by atoms with E-state index in [2.05, 4.69) is 54.6 Å². The molecule has 2 heterocycles. The number of likely N-dealkylation sites (N-methyl/N-ethyl adjacent to an activating group) is 1. The molecule has 1 aliphatic heterocycles. The number of ether oxygens (including phenoxy) is 1. The van der Waals surface area contributed by atoms with Crippen molar-refractivity contribution in [3.63, 3.8) is 0 Å². The van der Waals surface area contributed by atoms with E-state index in [1.807, 2.05) is 12.1 Å². The summed E-state index contributed by atoms with van der Waals surface area (Å²) in [6.45, 7) is 5.36. The molecule has 3 aromatic rings.